The summed E-state index contributed by atoms with van der Waals surface area (Å²) in [6.45, 7) is 1.80. The second kappa shape index (κ2) is 2.93. The second-order valence-corrected chi connectivity index (χ2v) is 1.79. The molecule has 0 radical (unpaired) electrons. The average Bonchev–Trinajstić information content (AvgIpc) is 1.65. The van der Waals surface area contributed by atoms with Crippen molar-refractivity contribution in [2.24, 2.45) is 0 Å². The zero-order valence-electron chi connectivity index (χ0n) is 4.76. The van der Waals surface area contributed by atoms with Crippen LogP contribution in [0.4, 0.5) is 0 Å². The van der Waals surface area contributed by atoms with Crippen molar-refractivity contribution in [2.45, 2.75) is 6.92 Å². The molecule has 0 heterocycles. The van der Waals surface area contributed by atoms with Crippen LogP contribution >= 0.6 is 12.2 Å². The number of hydroxylamine groups is 2. The van der Waals surface area contributed by atoms with Gasteiger partial charge in [-0.25, -0.2) is 0 Å². The molecule has 0 atom stereocenters. The van der Waals surface area contributed by atoms with E-state index in [1.165, 1.54) is 5.06 Å². The van der Waals surface area contributed by atoms with Gasteiger partial charge in [0.05, 0.1) is 7.11 Å². The van der Waals surface area contributed by atoms with Crippen LogP contribution in [-0.4, -0.2) is 24.2 Å². The Kier molecular flexibility index (Phi) is 2.87. The minimum absolute atomic E-state index is 0.738. The molecule has 7 heavy (non-hydrogen) atoms. The fraction of sp³-hybridized carbons (Fsp3) is 0.750. The van der Waals surface area contributed by atoms with Crippen LogP contribution in [0.5, 0.6) is 0 Å². The standard InChI is InChI=1S/C4H9NOS/c1-4(7)5(2)6-3/h1-3H3. The monoisotopic (exact) mass is 119 g/mol. The summed E-state index contributed by atoms with van der Waals surface area (Å²) in [6.07, 6.45) is 0. The van der Waals surface area contributed by atoms with E-state index in [1.54, 1.807) is 21.1 Å². The highest BCUT2D eigenvalue weighted by molar-refractivity contribution is 7.80. The van der Waals surface area contributed by atoms with Crippen molar-refractivity contribution in [3.8, 4) is 0 Å². The Morgan fingerprint density at radius 1 is 1.71 bits per heavy atom. The molecule has 0 amide bonds. The molecule has 0 N–H and O–H groups in total. The highest BCUT2D eigenvalue weighted by atomic mass is 32.1. The first-order valence-corrected chi connectivity index (χ1v) is 2.37. The van der Waals surface area contributed by atoms with E-state index in [9.17, 15) is 0 Å². The molecule has 3 heteroatoms. The van der Waals surface area contributed by atoms with Crippen LogP contribution in [0.3, 0.4) is 0 Å². The SMILES string of the molecule is CON(C)C(C)=S. The van der Waals surface area contributed by atoms with Crippen molar-refractivity contribution in [3.05, 3.63) is 0 Å². The fourth-order valence-electron chi connectivity index (χ4n) is 0.129. The normalized spacial score (nSPS) is 8.43. The van der Waals surface area contributed by atoms with Crippen molar-refractivity contribution in [2.75, 3.05) is 14.2 Å². The Balaban J connectivity index is 3.34. The summed E-state index contributed by atoms with van der Waals surface area (Å²) in [5.74, 6) is 0. The number of hydrogen-bond acceptors (Lipinski definition) is 2. The lowest BCUT2D eigenvalue weighted by Crippen LogP contribution is -2.20. The number of rotatable bonds is 1. The van der Waals surface area contributed by atoms with E-state index in [2.05, 4.69) is 0 Å². The van der Waals surface area contributed by atoms with Gasteiger partial charge in [-0.05, 0) is 6.92 Å². The minimum Gasteiger partial charge on any atom is -0.277 e. The van der Waals surface area contributed by atoms with E-state index < -0.39 is 0 Å². The molecule has 0 aliphatic heterocycles. The predicted molar refractivity (Wildman–Crippen MR) is 33.0 cm³/mol. The molecule has 0 aliphatic rings. The van der Waals surface area contributed by atoms with Gasteiger partial charge in [0.2, 0.25) is 0 Å². The van der Waals surface area contributed by atoms with Crippen LogP contribution in [0, 0.1) is 0 Å². The fourth-order valence-corrected chi connectivity index (χ4v) is 0.203. The third-order valence-corrected chi connectivity index (χ3v) is 0.974. The molecule has 0 aromatic heterocycles. The predicted octanol–water partition coefficient (Wildman–Crippen LogP) is 0.827. The minimum atomic E-state index is 0.738. The summed E-state index contributed by atoms with van der Waals surface area (Å²) < 4.78 is 0. The molecule has 0 fully saturated rings. The third kappa shape index (κ3) is 2.53. The molecule has 0 unspecified atom stereocenters. The maximum absolute atomic E-state index is 4.72. The molecule has 0 rings (SSSR count). The molecular weight excluding hydrogens is 110 g/mol. The largest absolute Gasteiger partial charge is 0.277 e. The van der Waals surface area contributed by atoms with Crippen LogP contribution in [-0.2, 0) is 4.84 Å². The van der Waals surface area contributed by atoms with Gasteiger partial charge in [0, 0.05) is 7.05 Å². The third-order valence-electron chi connectivity index (χ3n) is 0.717. The smallest absolute Gasteiger partial charge is 0.100 e. The lowest BCUT2D eigenvalue weighted by Gasteiger charge is -2.11. The van der Waals surface area contributed by atoms with Gasteiger partial charge < -0.3 is 0 Å². The van der Waals surface area contributed by atoms with Crippen LogP contribution in [0.25, 0.3) is 0 Å². The first-order chi connectivity index (χ1) is 3.18. The molecule has 42 valence electrons. The molecule has 2 nitrogen and oxygen atoms in total. The van der Waals surface area contributed by atoms with Crippen LogP contribution in [0.1, 0.15) is 6.92 Å². The first kappa shape index (κ1) is 6.85. The summed E-state index contributed by atoms with van der Waals surface area (Å²) in [7, 11) is 3.35. The molecule has 0 aromatic rings. The molecule has 0 saturated heterocycles. The van der Waals surface area contributed by atoms with Crippen LogP contribution in [0.2, 0.25) is 0 Å². The van der Waals surface area contributed by atoms with Crippen molar-refractivity contribution >= 4 is 17.2 Å². The molecule has 0 aromatic carbocycles. The number of nitrogens with zero attached hydrogens (tertiary/aromatic N) is 1. The Labute approximate surface area is 49.0 Å². The van der Waals surface area contributed by atoms with Gasteiger partial charge in [0.25, 0.3) is 0 Å². The van der Waals surface area contributed by atoms with Gasteiger partial charge >= 0.3 is 0 Å². The van der Waals surface area contributed by atoms with Crippen molar-refractivity contribution in [1.82, 2.24) is 5.06 Å². The first-order valence-electron chi connectivity index (χ1n) is 1.97. The highest BCUT2D eigenvalue weighted by Gasteiger charge is 1.90. The van der Waals surface area contributed by atoms with E-state index in [0.29, 0.717) is 0 Å². The van der Waals surface area contributed by atoms with E-state index in [4.69, 9.17) is 17.1 Å². The molecule has 0 bridgehead atoms. The number of hydrogen-bond donors (Lipinski definition) is 0. The molecular formula is C4H9NOS. The zero-order chi connectivity index (χ0) is 5.86. The van der Waals surface area contributed by atoms with Gasteiger partial charge in [0.15, 0.2) is 0 Å². The van der Waals surface area contributed by atoms with E-state index in [1.807, 2.05) is 0 Å². The van der Waals surface area contributed by atoms with Crippen LogP contribution in [0.15, 0.2) is 0 Å². The maximum atomic E-state index is 4.72. The highest BCUT2D eigenvalue weighted by Crippen LogP contribution is 1.82. The van der Waals surface area contributed by atoms with Gasteiger partial charge in [-0.2, -0.15) is 0 Å². The van der Waals surface area contributed by atoms with E-state index in [0.717, 1.165) is 4.99 Å². The van der Waals surface area contributed by atoms with Gasteiger partial charge in [-0.15, -0.1) is 0 Å². The number of thiocarbonyl (C=S) groups is 1. The Morgan fingerprint density at radius 3 is 2.14 bits per heavy atom. The average molecular weight is 119 g/mol. The van der Waals surface area contributed by atoms with Gasteiger partial charge in [0.1, 0.15) is 4.99 Å². The summed E-state index contributed by atoms with van der Waals surface area (Å²) >= 11 is 4.72. The Morgan fingerprint density at radius 2 is 2.14 bits per heavy atom. The summed E-state index contributed by atoms with van der Waals surface area (Å²) in [6, 6.07) is 0. The topological polar surface area (TPSA) is 12.5 Å². The molecule has 0 saturated carbocycles. The van der Waals surface area contributed by atoms with E-state index in [-0.39, 0.29) is 0 Å². The van der Waals surface area contributed by atoms with Crippen molar-refractivity contribution in [1.29, 1.82) is 0 Å². The zero-order valence-corrected chi connectivity index (χ0v) is 5.58. The second-order valence-electron chi connectivity index (χ2n) is 1.20. The lowest BCUT2D eigenvalue weighted by atomic mass is 10.7. The van der Waals surface area contributed by atoms with Crippen LogP contribution < -0.4 is 0 Å². The Hall–Kier alpha value is -0.150. The summed E-state index contributed by atoms with van der Waals surface area (Å²) in [5.41, 5.74) is 0. The van der Waals surface area contributed by atoms with Crippen molar-refractivity contribution < 1.29 is 4.84 Å². The van der Waals surface area contributed by atoms with Crippen molar-refractivity contribution in [3.63, 3.8) is 0 Å². The summed E-state index contributed by atoms with van der Waals surface area (Å²) in [4.78, 5) is 5.44. The molecule has 0 spiro atoms. The van der Waals surface area contributed by atoms with Gasteiger partial charge in [-0.3, -0.25) is 9.90 Å². The quantitative estimate of drug-likeness (QED) is 0.374. The maximum Gasteiger partial charge on any atom is 0.100 e. The summed E-state index contributed by atoms with van der Waals surface area (Å²) in [5, 5.41) is 1.52. The molecule has 0 aliphatic carbocycles. The van der Waals surface area contributed by atoms with E-state index >= 15 is 0 Å². The van der Waals surface area contributed by atoms with Gasteiger partial charge in [-0.1, -0.05) is 12.2 Å². The Bertz CT molecular complexity index is 74.1. The lowest BCUT2D eigenvalue weighted by molar-refractivity contribution is -0.0396.